The fourth-order valence-corrected chi connectivity index (χ4v) is 3.19. The van der Waals surface area contributed by atoms with Crippen molar-refractivity contribution in [2.75, 3.05) is 31.1 Å². The minimum atomic E-state index is 0.677. The number of thioether (sulfide) groups is 1. The average Bonchev–Trinajstić information content (AvgIpc) is 2.28. The molecule has 0 saturated carbocycles. The monoisotopic (exact) mass is 258 g/mol. The lowest BCUT2D eigenvalue weighted by molar-refractivity contribution is 0.0918. The molecule has 102 valence electrons. The van der Waals surface area contributed by atoms with E-state index in [2.05, 4.69) is 56.6 Å². The number of nitrogens with one attached hydrogen (secondary N) is 1. The summed E-state index contributed by atoms with van der Waals surface area (Å²) in [5, 5.41) is 3.72. The molecule has 1 aliphatic rings. The lowest BCUT2D eigenvalue weighted by Crippen LogP contribution is -2.60. The van der Waals surface area contributed by atoms with Gasteiger partial charge in [0.1, 0.15) is 0 Å². The van der Waals surface area contributed by atoms with Gasteiger partial charge in [0.2, 0.25) is 0 Å². The number of nitrogens with zero attached hydrogens (tertiary/aromatic N) is 1. The first kappa shape index (κ1) is 15.3. The highest BCUT2D eigenvalue weighted by atomic mass is 32.2. The van der Waals surface area contributed by atoms with Crippen molar-refractivity contribution in [3.05, 3.63) is 0 Å². The molecule has 0 aromatic heterocycles. The maximum atomic E-state index is 3.72. The molecule has 0 radical (unpaired) electrons. The largest absolute Gasteiger partial charge is 0.311 e. The van der Waals surface area contributed by atoms with Crippen LogP contribution in [0.15, 0.2) is 0 Å². The molecular formula is C14H30N2S. The predicted molar refractivity (Wildman–Crippen MR) is 79.8 cm³/mol. The van der Waals surface area contributed by atoms with Gasteiger partial charge >= 0.3 is 0 Å². The van der Waals surface area contributed by atoms with Crippen LogP contribution in [0.5, 0.6) is 0 Å². The average molecular weight is 258 g/mol. The molecule has 0 aromatic carbocycles. The molecule has 1 saturated heterocycles. The first-order valence-electron chi connectivity index (χ1n) is 7.11. The third-order valence-electron chi connectivity index (χ3n) is 3.79. The van der Waals surface area contributed by atoms with Crippen molar-refractivity contribution in [2.45, 2.75) is 46.7 Å². The van der Waals surface area contributed by atoms with E-state index in [4.69, 9.17) is 0 Å². The Morgan fingerprint density at radius 3 is 2.47 bits per heavy atom. The lowest BCUT2D eigenvalue weighted by Gasteiger charge is -2.43. The fourth-order valence-electron chi connectivity index (χ4n) is 2.54. The van der Waals surface area contributed by atoms with Gasteiger partial charge in [0, 0.05) is 37.5 Å². The van der Waals surface area contributed by atoms with Gasteiger partial charge in [-0.05, 0) is 17.6 Å². The molecule has 0 aliphatic carbocycles. The van der Waals surface area contributed by atoms with E-state index in [9.17, 15) is 0 Å². The normalized spacial score (nSPS) is 27.0. The summed E-state index contributed by atoms with van der Waals surface area (Å²) in [4.78, 5) is 2.72. The van der Waals surface area contributed by atoms with Crippen molar-refractivity contribution in [1.82, 2.24) is 10.2 Å². The Balaban J connectivity index is 2.50. The van der Waals surface area contributed by atoms with Crippen molar-refractivity contribution in [1.29, 1.82) is 0 Å². The zero-order valence-electron chi connectivity index (χ0n) is 12.2. The molecule has 1 heterocycles. The molecular weight excluding hydrogens is 228 g/mol. The van der Waals surface area contributed by atoms with E-state index in [0.717, 1.165) is 24.4 Å². The molecule has 2 nitrogen and oxygen atoms in total. The van der Waals surface area contributed by atoms with Crippen LogP contribution in [-0.2, 0) is 0 Å². The van der Waals surface area contributed by atoms with Crippen LogP contribution in [0.3, 0.4) is 0 Å². The third-order valence-corrected chi connectivity index (χ3v) is 4.67. The molecule has 0 aromatic rings. The molecule has 2 atom stereocenters. The molecule has 0 bridgehead atoms. The maximum absolute atomic E-state index is 3.72. The van der Waals surface area contributed by atoms with Gasteiger partial charge in [-0.25, -0.2) is 0 Å². The van der Waals surface area contributed by atoms with Crippen LogP contribution in [0.25, 0.3) is 0 Å². The number of hydrogen-bond acceptors (Lipinski definition) is 3. The summed E-state index contributed by atoms with van der Waals surface area (Å²) in [6.45, 7) is 15.2. The number of piperazine rings is 1. The van der Waals surface area contributed by atoms with E-state index in [1.54, 1.807) is 0 Å². The maximum Gasteiger partial charge on any atom is 0.0244 e. The summed E-state index contributed by atoms with van der Waals surface area (Å²) >= 11 is 2.06. The van der Waals surface area contributed by atoms with Gasteiger partial charge in [-0.15, -0.1) is 0 Å². The van der Waals surface area contributed by atoms with Gasteiger partial charge in [-0.1, -0.05) is 34.6 Å². The van der Waals surface area contributed by atoms with Crippen LogP contribution in [-0.4, -0.2) is 48.1 Å². The molecule has 3 heteroatoms. The third kappa shape index (κ3) is 4.80. The van der Waals surface area contributed by atoms with E-state index in [-0.39, 0.29) is 0 Å². The Morgan fingerprint density at radius 1 is 1.24 bits per heavy atom. The van der Waals surface area contributed by atoms with Gasteiger partial charge in [-0.2, -0.15) is 11.8 Å². The molecule has 0 spiro atoms. The van der Waals surface area contributed by atoms with Crippen molar-refractivity contribution in [2.24, 2.45) is 11.8 Å². The second kappa shape index (κ2) is 7.65. The SMILES string of the molecule is CCSCCN1CC(C(C)C)NCC1C(C)C. The van der Waals surface area contributed by atoms with Crippen molar-refractivity contribution in [3.8, 4) is 0 Å². The zero-order valence-corrected chi connectivity index (χ0v) is 13.0. The second-order valence-corrected chi connectivity index (χ2v) is 7.16. The minimum absolute atomic E-state index is 0.677. The molecule has 1 N–H and O–H groups in total. The van der Waals surface area contributed by atoms with Crippen LogP contribution in [0.1, 0.15) is 34.6 Å². The fraction of sp³-hybridized carbons (Fsp3) is 1.00. The second-order valence-electron chi connectivity index (χ2n) is 5.76. The molecule has 0 amide bonds. The van der Waals surface area contributed by atoms with Gasteiger partial charge in [0.25, 0.3) is 0 Å². The molecule has 2 unspecified atom stereocenters. The number of hydrogen-bond donors (Lipinski definition) is 1. The van der Waals surface area contributed by atoms with Crippen LogP contribution in [0.4, 0.5) is 0 Å². The van der Waals surface area contributed by atoms with E-state index < -0.39 is 0 Å². The van der Waals surface area contributed by atoms with Crippen LogP contribution in [0, 0.1) is 11.8 Å². The predicted octanol–water partition coefficient (Wildman–Crippen LogP) is 2.69. The molecule has 17 heavy (non-hydrogen) atoms. The summed E-state index contributed by atoms with van der Waals surface area (Å²) in [7, 11) is 0. The topological polar surface area (TPSA) is 15.3 Å². The van der Waals surface area contributed by atoms with Crippen molar-refractivity contribution >= 4 is 11.8 Å². The summed E-state index contributed by atoms with van der Waals surface area (Å²) in [5.41, 5.74) is 0. The lowest BCUT2D eigenvalue weighted by atomic mass is 9.94. The highest BCUT2D eigenvalue weighted by Crippen LogP contribution is 2.18. The molecule has 1 fully saturated rings. The van der Waals surface area contributed by atoms with Gasteiger partial charge in [0.15, 0.2) is 0 Å². The Kier molecular flexibility index (Phi) is 6.90. The summed E-state index contributed by atoms with van der Waals surface area (Å²) < 4.78 is 0. The van der Waals surface area contributed by atoms with E-state index >= 15 is 0 Å². The van der Waals surface area contributed by atoms with Gasteiger partial charge in [0.05, 0.1) is 0 Å². The van der Waals surface area contributed by atoms with Crippen molar-refractivity contribution < 1.29 is 0 Å². The zero-order chi connectivity index (χ0) is 12.8. The van der Waals surface area contributed by atoms with Crippen LogP contribution >= 0.6 is 11.8 Å². The summed E-state index contributed by atoms with van der Waals surface area (Å²) in [5.74, 6) is 4.02. The van der Waals surface area contributed by atoms with Crippen molar-refractivity contribution in [3.63, 3.8) is 0 Å². The van der Waals surface area contributed by atoms with Crippen LogP contribution < -0.4 is 5.32 Å². The van der Waals surface area contributed by atoms with E-state index in [1.165, 1.54) is 24.6 Å². The Hall–Kier alpha value is 0.270. The smallest absolute Gasteiger partial charge is 0.0244 e. The quantitative estimate of drug-likeness (QED) is 0.738. The first-order valence-corrected chi connectivity index (χ1v) is 8.26. The Bertz CT molecular complexity index is 206. The Labute approximate surface area is 112 Å². The highest BCUT2D eigenvalue weighted by molar-refractivity contribution is 7.99. The standard InChI is InChI=1S/C14H30N2S/c1-6-17-8-7-16-10-13(11(2)3)15-9-14(16)12(4)5/h11-15H,6-10H2,1-5H3. The van der Waals surface area contributed by atoms with E-state index in [1.807, 2.05) is 0 Å². The van der Waals surface area contributed by atoms with Gasteiger partial charge < -0.3 is 5.32 Å². The first-order chi connectivity index (χ1) is 8.06. The minimum Gasteiger partial charge on any atom is -0.311 e. The molecule has 1 aliphatic heterocycles. The van der Waals surface area contributed by atoms with E-state index in [0.29, 0.717) is 6.04 Å². The summed E-state index contributed by atoms with van der Waals surface area (Å²) in [6, 6.07) is 1.40. The van der Waals surface area contributed by atoms with Crippen LogP contribution in [0.2, 0.25) is 0 Å². The Morgan fingerprint density at radius 2 is 1.94 bits per heavy atom. The molecule has 1 rings (SSSR count). The highest BCUT2D eigenvalue weighted by Gasteiger charge is 2.30. The summed E-state index contributed by atoms with van der Waals surface area (Å²) in [6.07, 6.45) is 0. The number of rotatable bonds is 6. The van der Waals surface area contributed by atoms with Gasteiger partial charge in [-0.3, -0.25) is 4.90 Å².